The molecule has 0 aliphatic carbocycles. The molecule has 0 saturated carbocycles. The molecule has 0 N–H and O–H groups in total. The Morgan fingerprint density at radius 1 is 0.939 bits per heavy atom. The van der Waals surface area contributed by atoms with E-state index in [4.69, 9.17) is 14.4 Å². The minimum atomic E-state index is 0.561. The molecule has 4 aromatic heterocycles. The van der Waals surface area contributed by atoms with Gasteiger partial charge in [-0.15, -0.1) is 5.10 Å². The van der Waals surface area contributed by atoms with E-state index in [1.54, 1.807) is 10.8 Å². The van der Waals surface area contributed by atoms with E-state index < -0.39 is 0 Å². The zero-order chi connectivity index (χ0) is 22.7. The maximum Gasteiger partial charge on any atom is 0.257 e. The molecular formula is C25H22N6OS. The van der Waals surface area contributed by atoms with Crippen LogP contribution in [0.4, 0.5) is 0 Å². The topological polar surface area (TPSA) is 74.0 Å². The molecule has 0 fully saturated rings. The Labute approximate surface area is 194 Å². The van der Waals surface area contributed by atoms with Crippen LogP contribution >= 0.6 is 11.8 Å². The molecule has 6 rings (SSSR count). The molecule has 0 unspecified atom stereocenters. The highest BCUT2D eigenvalue weighted by Gasteiger charge is 2.19. The second-order valence-corrected chi connectivity index (χ2v) is 9.22. The Hall–Kier alpha value is -3.65. The molecule has 0 atom stereocenters. The number of benzene rings is 2. The standard InChI is InChI=1S/C25H22N6OS/c1-14-9-10-18(11-15(14)2)31-17(4)16(3)22-23(31)26-13-30-24(22)28-21(29-30)12-33-25-27-19-7-5-6-8-20(19)32-25/h5-11,13H,12H2,1-4H3. The molecule has 6 aromatic rings. The number of fused-ring (bicyclic) bond motifs is 4. The van der Waals surface area contributed by atoms with Crippen LogP contribution in [0.1, 0.15) is 28.2 Å². The van der Waals surface area contributed by atoms with Gasteiger partial charge in [0.1, 0.15) is 11.8 Å². The number of hydrogen-bond donors (Lipinski definition) is 0. The number of rotatable bonds is 4. The summed E-state index contributed by atoms with van der Waals surface area (Å²) in [6.07, 6.45) is 1.74. The van der Waals surface area contributed by atoms with E-state index in [0.29, 0.717) is 16.8 Å². The van der Waals surface area contributed by atoms with Gasteiger partial charge in [-0.05, 0) is 68.7 Å². The highest BCUT2D eigenvalue weighted by molar-refractivity contribution is 7.98. The van der Waals surface area contributed by atoms with Gasteiger partial charge in [0.2, 0.25) is 0 Å². The van der Waals surface area contributed by atoms with Crippen LogP contribution in [0.5, 0.6) is 0 Å². The van der Waals surface area contributed by atoms with Crippen molar-refractivity contribution in [3.63, 3.8) is 0 Å². The molecule has 33 heavy (non-hydrogen) atoms. The van der Waals surface area contributed by atoms with Crippen LogP contribution in [0, 0.1) is 27.7 Å². The number of aryl methyl sites for hydroxylation is 3. The molecule has 0 radical (unpaired) electrons. The normalized spacial score (nSPS) is 11.9. The third-order valence-electron chi connectivity index (χ3n) is 6.22. The highest BCUT2D eigenvalue weighted by Crippen LogP contribution is 2.31. The van der Waals surface area contributed by atoms with Gasteiger partial charge in [0, 0.05) is 11.4 Å². The summed E-state index contributed by atoms with van der Waals surface area (Å²) in [6.45, 7) is 8.52. The van der Waals surface area contributed by atoms with E-state index in [2.05, 4.69) is 60.5 Å². The molecule has 2 aromatic carbocycles. The fourth-order valence-electron chi connectivity index (χ4n) is 4.19. The summed E-state index contributed by atoms with van der Waals surface area (Å²) in [5.41, 5.74) is 9.30. The van der Waals surface area contributed by atoms with Crippen LogP contribution in [0.15, 0.2) is 58.4 Å². The molecule has 0 aliphatic heterocycles. The molecular weight excluding hydrogens is 432 g/mol. The molecule has 0 aliphatic rings. The van der Waals surface area contributed by atoms with Gasteiger partial charge in [0.25, 0.3) is 5.22 Å². The lowest BCUT2D eigenvalue weighted by Crippen LogP contribution is -2.00. The summed E-state index contributed by atoms with van der Waals surface area (Å²) >= 11 is 1.49. The van der Waals surface area contributed by atoms with Crippen LogP contribution in [0.3, 0.4) is 0 Å². The Kier molecular flexibility index (Phi) is 4.51. The maximum atomic E-state index is 5.81. The number of nitrogens with zero attached hydrogens (tertiary/aromatic N) is 6. The maximum absolute atomic E-state index is 5.81. The summed E-state index contributed by atoms with van der Waals surface area (Å²) in [7, 11) is 0. The minimum absolute atomic E-state index is 0.561. The summed E-state index contributed by atoms with van der Waals surface area (Å²) in [5.74, 6) is 1.28. The van der Waals surface area contributed by atoms with E-state index in [1.807, 2.05) is 24.3 Å². The van der Waals surface area contributed by atoms with Crippen molar-refractivity contribution in [3.8, 4) is 5.69 Å². The largest absolute Gasteiger partial charge is 0.431 e. The summed E-state index contributed by atoms with van der Waals surface area (Å²) < 4.78 is 9.79. The summed E-state index contributed by atoms with van der Waals surface area (Å²) in [4.78, 5) is 14.2. The van der Waals surface area contributed by atoms with Gasteiger partial charge in [-0.3, -0.25) is 4.57 Å². The molecule has 0 saturated heterocycles. The average molecular weight is 455 g/mol. The Morgan fingerprint density at radius 2 is 1.79 bits per heavy atom. The van der Waals surface area contributed by atoms with Crippen molar-refractivity contribution < 1.29 is 4.42 Å². The third-order valence-corrected chi connectivity index (χ3v) is 7.05. The van der Waals surface area contributed by atoms with Crippen molar-refractivity contribution in [2.24, 2.45) is 0 Å². The first-order valence-electron chi connectivity index (χ1n) is 10.8. The molecule has 7 nitrogen and oxygen atoms in total. The van der Waals surface area contributed by atoms with Gasteiger partial charge in [-0.1, -0.05) is 30.0 Å². The predicted molar refractivity (Wildman–Crippen MR) is 130 cm³/mol. The number of para-hydroxylation sites is 2. The lowest BCUT2D eigenvalue weighted by Gasteiger charge is -2.10. The number of hydrogen-bond acceptors (Lipinski definition) is 6. The van der Waals surface area contributed by atoms with Crippen molar-refractivity contribution in [2.75, 3.05) is 0 Å². The molecule has 4 heterocycles. The number of aromatic nitrogens is 6. The first kappa shape index (κ1) is 20.0. The van der Waals surface area contributed by atoms with E-state index >= 15 is 0 Å². The van der Waals surface area contributed by atoms with Crippen LogP contribution in [-0.2, 0) is 5.75 Å². The van der Waals surface area contributed by atoms with Crippen LogP contribution in [0.25, 0.3) is 33.5 Å². The monoisotopic (exact) mass is 454 g/mol. The molecule has 0 spiro atoms. The summed E-state index contributed by atoms with van der Waals surface area (Å²) in [5, 5.41) is 6.30. The van der Waals surface area contributed by atoms with E-state index in [0.717, 1.165) is 44.7 Å². The number of oxazole rings is 1. The zero-order valence-corrected chi connectivity index (χ0v) is 19.6. The zero-order valence-electron chi connectivity index (χ0n) is 18.8. The minimum Gasteiger partial charge on any atom is -0.431 e. The van der Waals surface area contributed by atoms with Crippen molar-refractivity contribution >= 4 is 39.5 Å². The first-order chi connectivity index (χ1) is 16.0. The predicted octanol–water partition coefficient (Wildman–Crippen LogP) is 5.74. The van der Waals surface area contributed by atoms with Crippen molar-refractivity contribution in [2.45, 2.75) is 38.7 Å². The lowest BCUT2D eigenvalue weighted by molar-refractivity contribution is 0.489. The van der Waals surface area contributed by atoms with E-state index in [1.165, 1.54) is 22.9 Å². The van der Waals surface area contributed by atoms with Gasteiger partial charge >= 0.3 is 0 Å². The van der Waals surface area contributed by atoms with Crippen LogP contribution in [0.2, 0.25) is 0 Å². The van der Waals surface area contributed by atoms with Gasteiger partial charge < -0.3 is 4.42 Å². The second kappa shape index (κ2) is 7.45. The van der Waals surface area contributed by atoms with E-state index in [9.17, 15) is 0 Å². The molecule has 8 heteroatoms. The fraction of sp³-hybridized carbons (Fsp3) is 0.200. The Bertz CT molecular complexity index is 1640. The fourth-order valence-corrected chi connectivity index (χ4v) is 4.87. The first-order valence-corrected chi connectivity index (χ1v) is 11.8. The van der Waals surface area contributed by atoms with Crippen molar-refractivity contribution in [1.82, 2.24) is 29.1 Å². The quantitative estimate of drug-likeness (QED) is 0.317. The Morgan fingerprint density at radius 3 is 2.61 bits per heavy atom. The van der Waals surface area contributed by atoms with Gasteiger partial charge in [0.05, 0.1) is 11.1 Å². The third kappa shape index (κ3) is 3.21. The van der Waals surface area contributed by atoms with Gasteiger partial charge in [0.15, 0.2) is 22.7 Å². The number of thioether (sulfide) groups is 1. The lowest BCUT2D eigenvalue weighted by atomic mass is 10.1. The van der Waals surface area contributed by atoms with Gasteiger partial charge in [-0.2, -0.15) is 0 Å². The average Bonchev–Trinajstić information content (AvgIpc) is 3.48. The van der Waals surface area contributed by atoms with Crippen LogP contribution in [-0.4, -0.2) is 29.1 Å². The SMILES string of the molecule is Cc1ccc(-n2c(C)c(C)c3c2ncn2nc(CSc4nc5ccccc5o4)nc32)cc1C. The Balaban J connectivity index is 1.40. The van der Waals surface area contributed by atoms with Crippen molar-refractivity contribution in [3.05, 3.63) is 77.0 Å². The highest BCUT2D eigenvalue weighted by atomic mass is 32.2. The van der Waals surface area contributed by atoms with Crippen molar-refractivity contribution in [1.29, 1.82) is 0 Å². The van der Waals surface area contributed by atoms with Gasteiger partial charge in [-0.25, -0.2) is 19.5 Å². The van der Waals surface area contributed by atoms with Crippen LogP contribution < -0.4 is 0 Å². The molecule has 164 valence electrons. The smallest absolute Gasteiger partial charge is 0.257 e. The summed E-state index contributed by atoms with van der Waals surface area (Å²) in [6, 6.07) is 14.3. The molecule has 0 amide bonds. The molecule has 0 bridgehead atoms. The second-order valence-electron chi connectivity index (χ2n) is 8.29. The van der Waals surface area contributed by atoms with E-state index in [-0.39, 0.29) is 0 Å².